The zero-order valence-electron chi connectivity index (χ0n) is 17.7. The van der Waals surface area contributed by atoms with Gasteiger partial charge in [-0.05, 0) is 81.0 Å². The zero-order chi connectivity index (χ0) is 19.7. The molecule has 4 saturated carbocycles. The lowest BCUT2D eigenvalue weighted by Gasteiger charge is -2.64. The van der Waals surface area contributed by atoms with Crippen LogP contribution in [0.1, 0.15) is 72.1 Å². The highest BCUT2D eigenvalue weighted by atomic mass is 16.7. The second-order valence-electron chi connectivity index (χ2n) is 10.9. The number of oxime groups is 1. The number of ether oxygens (including phenoxy) is 2. The third kappa shape index (κ3) is 2.33. The summed E-state index contributed by atoms with van der Waals surface area (Å²) in [6.45, 7) is 8.16. The molecule has 8 atom stereocenters. The molecule has 5 nitrogen and oxygen atoms in total. The molecular weight excluding hydrogens is 354 g/mol. The number of fused-ring (bicyclic) bond motifs is 6. The summed E-state index contributed by atoms with van der Waals surface area (Å²) in [6.07, 6.45) is 8.62. The first-order chi connectivity index (χ1) is 13.4. The van der Waals surface area contributed by atoms with E-state index in [9.17, 15) is 10.3 Å². The van der Waals surface area contributed by atoms with Crippen LogP contribution in [0, 0.1) is 40.4 Å². The smallest absolute Gasteiger partial charge is 0.174 e. The van der Waals surface area contributed by atoms with Gasteiger partial charge in [0.25, 0.3) is 0 Å². The summed E-state index contributed by atoms with van der Waals surface area (Å²) in [4.78, 5) is 0. The van der Waals surface area contributed by atoms with Gasteiger partial charge in [0.1, 0.15) is 0 Å². The van der Waals surface area contributed by atoms with Crippen LogP contribution in [-0.2, 0) is 9.47 Å². The third-order valence-electron chi connectivity index (χ3n) is 10.2. The van der Waals surface area contributed by atoms with Gasteiger partial charge in [0.15, 0.2) is 5.79 Å². The van der Waals surface area contributed by atoms with Crippen LogP contribution in [0.15, 0.2) is 5.16 Å². The van der Waals surface area contributed by atoms with E-state index in [0.717, 1.165) is 37.8 Å². The van der Waals surface area contributed by atoms with Crippen LogP contribution in [0.4, 0.5) is 0 Å². The van der Waals surface area contributed by atoms with Crippen LogP contribution in [0.25, 0.3) is 0 Å². The summed E-state index contributed by atoms with van der Waals surface area (Å²) in [6, 6.07) is 0. The Morgan fingerprint density at radius 2 is 1.75 bits per heavy atom. The van der Waals surface area contributed by atoms with E-state index in [0.29, 0.717) is 36.9 Å². The normalized spacial score (nSPS) is 52.9. The summed E-state index contributed by atoms with van der Waals surface area (Å²) in [5, 5.41) is 23.5. The standard InChI is InChI=1S/C23H37NO4/c1-14(24-26)18-6-7-19-17-5-4-15-12-16(25)8-9-21(15,2)20(17)13-23(22(18,19)3)27-10-11-28-23/h15-20,25-26H,4-13H2,1-3H3/b24-14-/t15-,16?,17?,18?,19?,20?,21-,22+/m0/s1. The predicted octanol–water partition coefficient (Wildman–Crippen LogP) is 4.21. The van der Waals surface area contributed by atoms with Crippen molar-refractivity contribution in [2.75, 3.05) is 13.2 Å². The first-order valence-electron chi connectivity index (χ1n) is 11.5. The summed E-state index contributed by atoms with van der Waals surface area (Å²) in [5.74, 6) is 2.14. The lowest BCUT2D eigenvalue weighted by Crippen LogP contribution is -2.65. The van der Waals surface area contributed by atoms with E-state index < -0.39 is 5.79 Å². The van der Waals surface area contributed by atoms with Gasteiger partial charge in [-0.25, -0.2) is 0 Å². The zero-order valence-corrected chi connectivity index (χ0v) is 17.7. The summed E-state index contributed by atoms with van der Waals surface area (Å²) in [7, 11) is 0. The molecule has 28 heavy (non-hydrogen) atoms. The van der Waals surface area contributed by atoms with Crippen molar-refractivity contribution in [2.24, 2.45) is 45.6 Å². The van der Waals surface area contributed by atoms with Gasteiger partial charge in [0.2, 0.25) is 0 Å². The Morgan fingerprint density at radius 3 is 2.46 bits per heavy atom. The Kier molecular flexibility index (Phi) is 4.43. The van der Waals surface area contributed by atoms with E-state index in [1.54, 1.807) is 0 Å². The Balaban J connectivity index is 1.57. The number of nitrogens with zero attached hydrogens (tertiary/aromatic N) is 1. The fraction of sp³-hybridized carbons (Fsp3) is 0.957. The Bertz CT molecular complexity index is 659. The molecule has 5 aliphatic rings. The average Bonchev–Trinajstić information content (AvgIpc) is 3.29. The monoisotopic (exact) mass is 391 g/mol. The number of hydrogen-bond donors (Lipinski definition) is 2. The largest absolute Gasteiger partial charge is 0.411 e. The molecule has 1 spiro atoms. The van der Waals surface area contributed by atoms with Gasteiger partial charge in [-0.3, -0.25) is 0 Å². The maximum absolute atomic E-state index is 10.3. The van der Waals surface area contributed by atoms with Gasteiger partial charge < -0.3 is 19.8 Å². The van der Waals surface area contributed by atoms with Crippen LogP contribution < -0.4 is 0 Å². The van der Waals surface area contributed by atoms with Crippen molar-refractivity contribution >= 4 is 5.71 Å². The van der Waals surface area contributed by atoms with Gasteiger partial charge in [0.05, 0.1) is 25.0 Å². The molecule has 0 radical (unpaired) electrons. The van der Waals surface area contributed by atoms with Gasteiger partial charge in [-0.15, -0.1) is 0 Å². The van der Waals surface area contributed by atoms with E-state index in [2.05, 4.69) is 19.0 Å². The van der Waals surface area contributed by atoms with E-state index in [-0.39, 0.29) is 22.9 Å². The van der Waals surface area contributed by atoms with E-state index in [4.69, 9.17) is 9.47 Å². The van der Waals surface area contributed by atoms with Crippen molar-refractivity contribution in [2.45, 2.75) is 84.0 Å². The molecular formula is C23H37NO4. The Hall–Kier alpha value is -0.650. The maximum Gasteiger partial charge on any atom is 0.174 e. The third-order valence-corrected chi connectivity index (χ3v) is 10.2. The molecule has 0 aromatic carbocycles. The minimum atomic E-state index is -0.549. The Labute approximate surface area is 168 Å². The van der Waals surface area contributed by atoms with Gasteiger partial charge >= 0.3 is 0 Å². The molecule has 1 aliphatic heterocycles. The molecule has 1 saturated heterocycles. The molecule has 0 bridgehead atoms. The molecule has 0 aromatic rings. The van der Waals surface area contributed by atoms with Crippen molar-refractivity contribution < 1.29 is 19.8 Å². The highest BCUT2D eigenvalue weighted by molar-refractivity contribution is 5.85. The van der Waals surface area contributed by atoms with Crippen LogP contribution in [0.3, 0.4) is 0 Å². The number of rotatable bonds is 1. The van der Waals surface area contributed by atoms with Crippen molar-refractivity contribution in [3.63, 3.8) is 0 Å². The lowest BCUT2D eigenvalue weighted by atomic mass is 9.43. The van der Waals surface area contributed by atoms with Crippen LogP contribution in [-0.4, -0.2) is 41.1 Å². The van der Waals surface area contributed by atoms with Crippen LogP contribution in [0.5, 0.6) is 0 Å². The molecule has 5 heteroatoms. The first kappa shape index (κ1) is 19.3. The molecule has 4 aliphatic carbocycles. The minimum absolute atomic E-state index is 0.115. The van der Waals surface area contributed by atoms with Gasteiger partial charge in [-0.1, -0.05) is 19.0 Å². The molecule has 5 fully saturated rings. The molecule has 158 valence electrons. The molecule has 0 aromatic heterocycles. The number of aliphatic hydroxyl groups is 1. The summed E-state index contributed by atoms with van der Waals surface area (Å²) in [5.41, 5.74) is 0.991. The Morgan fingerprint density at radius 1 is 1.00 bits per heavy atom. The topological polar surface area (TPSA) is 71.3 Å². The quantitative estimate of drug-likeness (QED) is 0.399. The van der Waals surface area contributed by atoms with Crippen LogP contribution >= 0.6 is 0 Å². The molecule has 0 amide bonds. The van der Waals surface area contributed by atoms with Crippen molar-refractivity contribution in [1.29, 1.82) is 0 Å². The molecule has 1 heterocycles. The second kappa shape index (κ2) is 6.42. The highest BCUT2D eigenvalue weighted by Crippen LogP contribution is 2.71. The predicted molar refractivity (Wildman–Crippen MR) is 106 cm³/mol. The van der Waals surface area contributed by atoms with Crippen LogP contribution in [0.2, 0.25) is 0 Å². The lowest BCUT2D eigenvalue weighted by molar-refractivity contribution is -0.306. The molecule has 5 unspecified atom stereocenters. The number of hydrogen-bond acceptors (Lipinski definition) is 5. The fourth-order valence-corrected chi connectivity index (χ4v) is 8.80. The average molecular weight is 392 g/mol. The molecule has 5 rings (SSSR count). The number of aliphatic hydroxyl groups excluding tert-OH is 1. The van der Waals surface area contributed by atoms with E-state index in [1.165, 1.54) is 19.3 Å². The van der Waals surface area contributed by atoms with Crippen molar-refractivity contribution in [3.05, 3.63) is 0 Å². The first-order valence-corrected chi connectivity index (χ1v) is 11.5. The van der Waals surface area contributed by atoms with Gasteiger partial charge in [-0.2, -0.15) is 0 Å². The maximum atomic E-state index is 10.3. The summed E-state index contributed by atoms with van der Waals surface area (Å²) >= 11 is 0. The highest BCUT2D eigenvalue weighted by Gasteiger charge is 2.71. The SMILES string of the molecule is C/C(=N/O)C1CCC2C3CC[C@H]4CC(O)CC[C@]4(C)C3CC3(OCCO3)[C@]12C. The van der Waals surface area contributed by atoms with Crippen molar-refractivity contribution in [1.82, 2.24) is 0 Å². The minimum Gasteiger partial charge on any atom is -0.411 e. The van der Waals surface area contributed by atoms with Crippen molar-refractivity contribution in [3.8, 4) is 0 Å². The second-order valence-corrected chi connectivity index (χ2v) is 10.9. The van der Waals surface area contributed by atoms with E-state index >= 15 is 0 Å². The van der Waals surface area contributed by atoms with Gasteiger partial charge in [0, 0.05) is 17.8 Å². The fourth-order valence-electron chi connectivity index (χ4n) is 8.80. The molecule has 2 N–H and O–H groups in total. The van der Waals surface area contributed by atoms with E-state index in [1.807, 2.05) is 6.92 Å². The summed E-state index contributed by atoms with van der Waals surface area (Å²) < 4.78 is 13.0.